The normalized spacial score (nSPS) is 10.2. The predicted molar refractivity (Wildman–Crippen MR) is 116 cm³/mol. The van der Waals surface area contributed by atoms with E-state index < -0.39 is 11.9 Å². The van der Waals surface area contributed by atoms with Gasteiger partial charge >= 0.3 is 11.9 Å². The molecule has 0 aromatic heterocycles. The van der Waals surface area contributed by atoms with Gasteiger partial charge in [0, 0.05) is 0 Å². The van der Waals surface area contributed by atoms with Gasteiger partial charge in [-0.3, -0.25) is 0 Å². The number of aromatic hydroxyl groups is 1. The molecule has 1 N–H and O–H groups in total. The van der Waals surface area contributed by atoms with Gasteiger partial charge in [0.05, 0.1) is 17.7 Å². The lowest BCUT2D eigenvalue weighted by Crippen LogP contribution is -2.09. The molecule has 0 saturated carbocycles. The number of allylic oxidation sites excluding steroid dienone is 1. The fourth-order valence-electron chi connectivity index (χ4n) is 2.61. The second-order valence-electron chi connectivity index (χ2n) is 6.60. The Morgan fingerprint density at radius 2 is 1.19 bits per heavy atom. The van der Waals surface area contributed by atoms with Gasteiger partial charge in [0.2, 0.25) is 0 Å². The van der Waals surface area contributed by atoms with Crippen LogP contribution < -0.4 is 14.2 Å². The quantitative estimate of drug-likeness (QED) is 0.223. The monoisotopic (exact) mass is 418 g/mol. The van der Waals surface area contributed by atoms with E-state index in [1.807, 2.05) is 6.08 Å². The smallest absolute Gasteiger partial charge is 0.343 e. The van der Waals surface area contributed by atoms with Crippen LogP contribution in [0.3, 0.4) is 0 Å². The van der Waals surface area contributed by atoms with E-state index in [9.17, 15) is 14.7 Å². The number of carbonyl (C=O) groups is 2. The van der Waals surface area contributed by atoms with Gasteiger partial charge in [-0.1, -0.05) is 6.08 Å². The molecule has 0 aliphatic heterocycles. The van der Waals surface area contributed by atoms with Crippen molar-refractivity contribution in [2.75, 3.05) is 6.61 Å². The number of unbranched alkanes of at least 4 members (excludes halogenated alkanes) is 1. The first kappa shape index (κ1) is 21.6. The van der Waals surface area contributed by atoms with Gasteiger partial charge in [-0.15, -0.1) is 6.58 Å². The number of phenols is 1. The second-order valence-corrected chi connectivity index (χ2v) is 6.60. The van der Waals surface area contributed by atoms with Crippen molar-refractivity contribution >= 4 is 11.9 Å². The number of hydrogen-bond donors (Lipinski definition) is 1. The average molecular weight is 418 g/mol. The summed E-state index contributed by atoms with van der Waals surface area (Å²) in [4.78, 5) is 24.4. The van der Waals surface area contributed by atoms with E-state index in [1.165, 1.54) is 48.5 Å². The van der Waals surface area contributed by atoms with E-state index in [2.05, 4.69) is 6.58 Å². The highest BCUT2D eigenvalue weighted by Crippen LogP contribution is 2.21. The first-order valence-electron chi connectivity index (χ1n) is 9.72. The van der Waals surface area contributed by atoms with E-state index in [-0.39, 0.29) is 5.75 Å². The van der Waals surface area contributed by atoms with Gasteiger partial charge in [0.25, 0.3) is 0 Å². The molecule has 0 radical (unpaired) electrons. The van der Waals surface area contributed by atoms with Gasteiger partial charge in [-0.05, 0) is 85.6 Å². The van der Waals surface area contributed by atoms with Crippen molar-refractivity contribution in [2.45, 2.75) is 12.8 Å². The maximum absolute atomic E-state index is 12.3. The van der Waals surface area contributed by atoms with Crippen molar-refractivity contribution in [3.8, 4) is 23.0 Å². The number of esters is 2. The molecular formula is C25H22O6. The molecule has 158 valence electrons. The lowest BCUT2D eigenvalue weighted by molar-refractivity contribution is 0.0719. The molecule has 0 bridgehead atoms. The summed E-state index contributed by atoms with van der Waals surface area (Å²) in [5.74, 6) is 0.299. The van der Waals surface area contributed by atoms with Crippen molar-refractivity contribution < 1.29 is 28.9 Å². The molecule has 0 unspecified atom stereocenters. The molecule has 0 aliphatic carbocycles. The number of ether oxygens (including phenoxy) is 3. The van der Waals surface area contributed by atoms with Crippen molar-refractivity contribution in [1.29, 1.82) is 0 Å². The summed E-state index contributed by atoms with van der Waals surface area (Å²) in [5, 5.41) is 9.28. The highest BCUT2D eigenvalue weighted by molar-refractivity contribution is 5.92. The topological polar surface area (TPSA) is 82.1 Å². The van der Waals surface area contributed by atoms with Crippen LogP contribution in [-0.2, 0) is 0 Å². The van der Waals surface area contributed by atoms with Crippen molar-refractivity contribution in [3.05, 3.63) is 96.6 Å². The Hall–Kier alpha value is -4.06. The molecule has 0 atom stereocenters. The summed E-state index contributed by atoms with van der Waals surface area (Å²) in [7, 11) is 0. The van der Waals surface area contributed by atoms with Crippen LogP contribution in [0, 0.1) is 0 Å². The van der Waals surface area contributed by atoms with Crippen LogP contribution in [0.4, 0.5) is 0 Å². The molecule has 6 nitrogen and oxygen atoms in total. The summed E-state index contributed by atoms with van der Waals surface area (Å²) in [6, 6.07) is 18.6. The number of hydrogen-bond acceptors (Lipinski definition) is 6. The molecule has 31 heavy (non-hydrogen) atoms. The Morgan fingerprint density at radius 3 is 1.68 bits per heavy atom. The molecule has 0 amide bonds. The minimum absolute atomic E-state index is 0.0633. The number of rotatable bonds is 9. The van der Waals surface area contributed by atoms with Crippen molar-refractivity contribution in [2.24, 2.45) is 0 Å². The Kier molecular flexibility index (Phi) is 7.43. The number of carbonyl (C=O) groups excluding carboxylic acids is 2. The molecule has 0 saturated heterocycles. The third-order valence-corrected chi connectivity index (χ3v) is 4.26. The third-order valence-electron chi connectivity index (χ3n) is 4.26. The van der Waals surface area contributed by atoms with Crippen LogP contribution in [0.1, 0.15) is 33.6 Å². The van der Waals surface area contributed by atoms with E-state index >= 15 is 0 Å². The Balaban J connectivity index is 1.53. The van der Waals surface area contributed by atoms with Crippen LogP contribution in [0.25, 0.3) is 0 Å². The molecule has 3 rings (SSSR count). The first-order valence-corrected chi connectivity index (χ1v) is 9.72. The van der Waals surface area contributed by atoms with E-state index in [0.29, 0.717) is 35.0 Å². The fourth-order valence-corrected chi connectivity index (χ4v) is 2.61. The minimum atomic E-state index is -0.559. The van der Waals surface area contributed by atoms with E-state index in [0.717, 1.165) is 12.8 Å². The summed E-state index contributed by atoms with van der Waals surface area (Å²) in [6.45, 7) is 4.25. The van der Waals surface area contributed by atoms with E-state index in [4.69, 9.17) is 14.2 Å². The molecule has 0 spiro atoms. The summed E-state index contributed by atoms with van der Waals surface area (Å²) in [5.41, 5.74) is 0.697. The number of benzene rings is 3. The van der Waals surface area contributed by atoms with Crippen LogP contribution in [-0.4, -0.2) is 23.7 Å². The summed E-state index contributed by atoms with van der Waals surface area (Å²) < 4.78 is 16.2. The molecule has 0 aliphatic rings. The lowest BCUT2D eigenvalue weighted by atomic mass is 10.2. The van der Waals surface area contributed by atoms with Gasteiger partial charge in [0.1, 0.15) is 23.0 Å². The molecule has 3 aromatic carbocycles. The van der Waals surface area contributed by atoms with Crippen LogP contribution >= 0.6 is 0 Å². The Morgan fingerprint density at radius 1 is 0.742 bits per heavy atom. The van der Waals surface area contributed by atoms with Gasteiger partial charge in [-0.2, -0.15) is 0 Å². The SMILES string of the molecule is C=CCCCOc1ccc(C(=O)Oc2ccc(OC(=O)c3ccc(O)cc3)cc2)cc1. The summed E-state index contributed by atoms with van der Waals surface area (Å²) in [6.07, 6.45) is 3.61. The fraction of sp³-hybridized carbons (Fsp3) is 0.120. The van der Waals surface area contributed by atoms with Crippen molar-refractivity contribution in [3.63, 3.8) is 0 Å². The molecular weight excluding hydrogens is 396 g/mol. The summed E-state index contributed by atoms with van der Waals surface area (Å²) >= 11 is 0. The molecule has 3 aromatic rings. The minimum Gasteiger partial charge on any atom is -0.508 e. The van der Waals surface area contributed by atoms with Gasteiger partial charge in [-0.25, -0.2) is 9.59 Å². The molecule has 0 heterocycles. The van der Waals surface area contributed by atoms with Crippen LogP contribution in [0.15, 0.2) is 85.5 Å². The third kappa shape index (κ3) is 6.47. The molecule has 0 fully saturated rings. The standard InChI is InChI=1S/C25H22O6/c1-2-3-4-17-29-21-11-7-19(8-12-21)25(28)31-23-15-13-22(14-16-23)30-24(27)18-5-9-20(26)10-6-18/h2,5-16,26H,1,3-4,17H2. The maximum atomic E-state index is 12.3. The highest BCUT2D eigenvalue weighted by atomic mass is 16.5. The first-order chi connectivity index (χ1) is 15.0. The Labute approximate surface area is 180 Å². The zero-order valence-electron chi connectivity index (χ0n) is 16.8. The number of phenolic OH excluding ortho intramolecular Hbond substituents is 1. The van der Waals surface area contributed by atoms with Gasteiger partial charge < -0.3 is 19.3 Å². The Bertz CT molecular complexity index is 1020. The lowest BCUT2D eigenvalue weighted by Gasteiger charge is -2.08. The predicted octanol–water partition coefficient (Wildman–Crippen LogP) is 5.18. The van der Waals surface area contributed by atoms with Gasteiger partial charge in [0.15, 0.2) is 0 Å². The van der Waals surface area contributed by atoms with Crippen LogP contribution in [0.2, 0.25) is 0 Å². The average Bonchev–Trinajstić information content (AvgIpc) is 2.79. The molecule has 6 heteroatoms. The van der Waals surface area contributed by atoms with E-state index in [1.54, 1.807) is 24.3 Å². The maximum Gasteiger partial charge on any atom is 0.343 e. The zero-order chi connectivity index (χ0) is 22.1. The van der Waals surface area contributed by atoms with Crippen molar-refractivity contribution in [1.82, 2.24) is 0 Å². The highest BCUT2D eigenvalue weighted by Gasteiger charge is 2.11. The largest absolute Gasteiger partial charge is 0.508 e. The van der Waals surface area contributed by atoms with Crippen LogP contribution in [0.5, 0.6) is 23.0 Å². The second kappa shape index (κ2) is 10.6. The zero-order valence-corrected chi connectivity index (χ0v) is 16.8.